The molecule has 8 heteroatoms. The zero-order valence-corrected chi connectivity index (χ0v) is 16.8. The molecule has 1 aliphatic heterocycles. The Balaban J connectivity index is 1.48. The van der Waals surface area contributed by atoms with Gasteiger partial charge in [-0.25, -0.2) is 0 Å². The highest BCUT2D eigenvalue weighted by atomic mass is 32.2. The van der Waals surface area contributed by atoms with Gasteiger partial charge in [0, 0.05) is 18.6 Å². The average molecular weight is 410 g/mol. The Kier molecular flexibility index (Phi) is 6.53. The Morgan fingerprint density at radius 3 is 2.79 bits per heavy atom. The van der Waals surface area contributed by atoms with Crippen molar-refractivity contribution in [3.63, 3.8) is 0 Å². The number of hydrogen-bond donors (Lipinski definition) is 1. The molecule has 150 valence electrons. The Bertz CT molecular complexity index is 927. The average Bonchev–Trinajstić information content (AvgIpc) is 3.42. The summed E-state index contributed by atoms with van der Waals surface area (Å²) in [6.07, 6.45) is 4.08. The molecule has 0 radical (unpaired) electrons. The van der Waals surface area contributed by atoms with E-state index in [-0.39, 0.29) is 18.6 Å². The molecule has 0 spiro atoms. The first-order valence-corrected chi connectivity index (χ1v) is 10.7. The first kappa shape index (κ1) is 19.6. The van der Waals surface area contributed by atoms with Crippen LogP contribution in [0.25, 0.3) is 0 Å². The first-order valence-electron chi connectivity index (χ1n) is 9.69. The molecule has 0 saturated carbocycles. The SMILES string of the molecule is O=C(NCc1nnc(SC[C@H]2CCCO2)n1Cc1ccccc1)c1ccccn1. The number of carbonyl (C=O) groups is 1. The highest BCUT2D eigenvalue weighted by molar-refractivity contribution is 7.99. The minimum atomic E-state index is -0.228. The minimum absolute atomic E-state index is 0.228. The van der Waals surface area contributed by atoms with E-state index in [1.54, 1.807) is 36.2 Å². The monoisotopic (exact) mass is 409 g/mol. The van der Waals surface area contributed by atoms with Crippen molar-refractivity contribution in [3.05, 3.63) is 71.8 Å². The molecule has 7 nitrogen and oxygen atoms in total. The lowest BCUT2D eigenvalue weighted by Crippen LogP contribution is -2.25. The van der Waals surface area contributed by atoms with Gasteiger partial charge < -0.3 is 14.6 Å². The molecule has 1 saturated heterocycles. The molecule has 2 aromatic heterocycles. The molecule has 0 aliphatic carbocycles. The van der Waals surface area contributed by atoms with Crippen LogP contribution in [0.3, 0.4) is 0 Å². The van der Waals surface area contributed by atoms with E-state index in [2.05, 4.69) is 37.2 Å². The molecular weight excluding hydrogens is 386 g/mol. The quantitative estimate of drug-likeness (QED) is 0.576. The fraction of sp³-hybridized carbons (Fsp3) is 0.333. The van der Waals surface area contributed by atoms with Crippen molar-refractivity contribution in [2.75, 3.05) is 12.4 Å². The van der Waals surface area contributed by atoms with Crippen molar-refractivity contribution >= 4 is 17.7 Å². The number of aromatic nitrogens is 4. The van der Waals surface area contributed by atoms with Crippen molar-refractivity contribution in [2.45, 2.75) is 37.2 Å². The molecule has 4 rings (SSSR count). The molecule has 1 amide bonds. The molecule has 1 atom stereocenters. The number of pyridine rings is 1. The van der Waals surface area contributed by atoms with Crippen LogP contribution in [0, 0.1) is 0 Å². The van der Waals surface area contributed by atoms with Crippen LogP contribution in [0.5, 0.6) is 0 Å². The summed E-state index contributed by atoms with van der Waals surface area (Å²) in [6.45, 7) is 1.78. The molecule has 29 heavy (non-hydrogen) atoms. The standard InChI is InChI=1S/C21H23N5O2S/c27-20(18-10-4-5-11-22-18)23-13-19-24-25-21(29-15-17-9-6-12-28-17)26(19)14-16-7-2-1-3-8-16/h1-5,7-8,10-11,17H,6,9,12-15H2,(H,23,27)/t17-/m1/s1. The Labute approximate surface area is 173 Å². The predicted molar refractivity (Wildman–Crippen MR) is 111 cm³/mol. The van der Waals surface area contributed by atoms with Crippen LogP contribution in [-0.2, 0) is 17.8 Å². The van der Waals surface area contributed by atoms with Gasteiger partial charge in [-0.1, -0.05) is 48.2 Å². The van der Waals surface area contributed by atoms with Gasteiger partial charge in [0.15, 0.2) is 11.0 Å². The summed E-state index contributed by atoms with van der Waals surface area (Å²) in [5.74, 6) is 1.34. The second-order valence-corrected chi connectivity index (χ2v) is 7.80. The van der Waals surface area contributed by atoms with Gasteiger partial charge in [-0.15, -0.1) is 10.2 Å². The maximum Gasteiger partial charge on any atom is 0.270 e. The summed E-state index contributed by atoms with van der Waals surface area (Å²) in [5, 5.41) is 12.4. The highest BCUT2D eigenvalue weighted by Gasteiger charge is 2.19. The van der Waals surface area contributed by atoms with Crippen molar-refractivity contribution in [1.29, 1.82) is 0 Å². The third-order valence-electron chi connectivity index (χ3n) is 4.70. The van der Waals surface area contributed by atoms with Gasteiger partial charge in [0.2, 0.25) is 0 Å². The summed E-state index contributed by atoms with van der Waals surface area (Å²) in [6, 6.07) is 15.4. The van der Waals surface area contributed by atoms with E-state index < -0.39 is 0 Å². The van der Waals surface area contributed by atoms with Crippen LogP contribution in [0.15, 0.2) is 59.9 Å². The third-order valence-corrected chi connectivity index (χ3v) is 5.80. The molecule has 0 bridgehead atoms. The maximum absolute atomic E-state index is 12.3. The molecule has 1 fully saturated rings. The third kappa shape index (κ3) is 5.21. The number of carbonyl (C=O) groups excluding carboxylic acids is 1. The summed E-state index contributed by atoms with van der Waals surface area (Å²) < 4.78 is 7.79. The van der Waals surface area contributed by atoms with Crippen molar-refractivity contribution in [2.24, 2.45) is 0 Å². The largest absolute Gasteiger partial charge is 0.377 e. The first-order chi connectivity index (χ1) is 14.3. The Morgan fingerprint density at radius 1 is 1.17 bits per heavy atom. The van der Waals surface area contributed by atoms with Gasteiger partial charge in [0.25, 0.3) is 5.91 Å². The number of thioether (sulfide) groups is 1. The van der Waals surface area contributed by atoms with Crippen molar-refractivity contribution in [1.82, 2.24) is 25.1 Å². The van der Waals surface area contributed by atoms with E-state index in [0.29, 0.717) is 18.1 Å². The zero-order valence-electron chi connectivity index (χ0n) is 16.0. The van der Waals surface area contributed by atoms with Crippen LogP contribution in [0.2, 0.25) is 0 Å². The maximum atomic E-state index is 12.3. The number of hydrogen-bond acceptors (Lipinski definition) is 6. The normalized spacial score (nSPS) is 16.1. The Morgan fingerprint density at radius 2 is 2.03 bits per heavy atom. The van der Waals surface area contributed by atoms with Gasteiger partial charge in [-0.3, -0.25) is 9.78 Å². The molecule has 3 heterocycles. The summed E-state index contributed by atoms with van der Waals surface area (Å²) in [5.41, 5.74) is 1.54. The molecule has 0 unspecified atom stereocenters. The molecular formula is C21H23N5O2S. The van der Waals surface area contributed by atoms with Crippen LogP contribution in [0.4, 0.5) is 0 Å². The van der Waals surface area contributed by atoms with Gasteiger partial charge in [0.1, 0.15) is 5.69 Å². The minimum Gasteiger partial charge on any atom is -0.377 e. The fourth-order valence-electron chi connectivity index (χ4n) is 3.17. The van der Waals surface area contributed by atoms with E-state index in [9.17, 15) is 4.79 Å². The molecule has 3 aromatic rings. The van der Waals surface area contributed by atoms with Crippen LogP contribution in [0.1, 0.15) is 34.7 Å². The van der Waals surface area contributed by atoms with E-state index in [0.717, 1.165) is 35.9 Å². The number of rotatable bonds is 8. The molecule has 1 aliphatic rings. The van der Waals surface area contributed by atoms with Crippen molar-refractivity contribution < 1.29 is 9.53 Å². The lowest BCUT2D eigenvalue weighted by Gasteiger charge is -2.12. The van der Waals surface area contributed by atoms with E-state index in [4.69, 9.17) is 4.74 Å². The van der Waals surface area contributed by atoms with Crippen LogP contribution < -0.4 is 5.32 Å². The molecule has 1 N–H and O–H groups in total. The Hall–Kier alpha value is -2.71. The van der Waals surface area contributed by atoms with E-state index in [1.807, 2.05) is 18.2 Å². The lowest BCUT2D eigenvalue weighted by molar-refractivity contribution is 0.0944. The number of nitrogens with one attached hydrogen (secondary N) is 1. The van der Waals surface area contributed by atoms with Gasteiger partial charge >= 0.3 is 0 Å². The number of benzene rings is 1. The number of amides is 1. The smallest absolute Gasteiger partial charge is 0.270 e. The van der Waals surface area contributed by atoms with Gasteiger partial charge in [0.05, 0.1) is 19.2 Å². The number of ether oxygens (including phenoxy) is 1. The zero-order chi connectivity index (χ0) is 19.9. The van der Waals surface area contributed by atoms with Gasteiger partial charge in [-0.05, 0) is 30.5 Å². The number of nitrogens with zero attached hydrogens (tertiary/aromatic N) is 4. The second kappa shape index (κ2) is 9.67. The predicted octanol–water partition coefficient (Wildman–Crippen LogP) is 2.92. The van der Waals surface area contributed by atoms with Crippen LogP contribution >= 0.6 is 11.8 Å². The van der Waals surface area contributed by atoms with E-state index in [1.165, 1.54) is 0 Å². The summed E-state index contributed by atoms with van der Waals surface area (Å²) in [4.78, 5) is 16.4. The van der Waals surface area contributed by atoms with Crippen LogP contribution in [-0.4, -0.2) is 44.1 Å². The van der Waals surface area contributed by atoms with Crippen molar-refractivity contribution in [3.8, 4) is 0 Å². The lowest BCUT2D eigenvalue weighted by atomic mass is 10.2. The second-order valence-electron chi connectivity index (χ2n) is 6.81. The van der Waals surface area contributed by atoms with E-state index >= 15 is 0 Å². The topological polar surface area (TPSA) is 81.9 Å². The highest BCUT2D eigenvalue weighted by Crippen LogP contribution is 2.24. The van der Waals surface area contributed by atoms with Gasteiger partial charge in [-0.2, -0.15) is 0 Å². The fourth-order valence-corrected chi connectivity index (χ4v) is 4.19. The summed E-state index contributed by atoms with van der Waals surface area (Å²) >= 11 is 1.65. The summed E-state index contributed by atoms with van der Waals surface area (Å²) in [7, 11) is 0. The molecule has 1 aromatic carbocycles.